The molecule has 5 nitrogen and oxygen atoms in total. The number of nitrogens with zero attached hydrogens (tertiary/aromatic N) is 2. The highest BCUT2D eigenvalue weighted by Gasteiger charge is 2.45. The van der Waals surface area contributed by atoms with Crippen LogP contribution in [0.5, 0.6) is 11.5 Å². The molecule has 39 heavy (non-hydrogen) atoms. The van der Waals surface area contributed by atoms with Crippen LogP contribution in [0.15, 0.2) is 91.1 Å². The zero-order valence-corrected chi connectivity index (χ0v) is 22.2. The Morgan fingerprint density at radius 3 is 2.44 bits per heavy atom. The lowest BCUT2D eigenvalue weighted by Crippen LogP contribution is -2.44. The first kappa shape index (κ1) is 24.1. The molecule has 3 atom stereocenters. The zero-order valence-electron chi connectivity index (χ0n) is 22.2. The summed E-state index contributed by atoms with van der Waals surface area (Å²) in [5.41, 5.74) is 6.60. The predicted octanol–water partition coefficient (Wildman–Crippen LogP) is 7.39. The van der Waals surface area contributed by atoms with E-state index in [1.807, 2.05) is 30.5 Å². The number of rotatable bonds is 5. The molecule has 4 heterocycles. The summed E-state index contributed by atoms with van der Waals surface area (Å²) in [4.78, 5) is 19.2. The average molecular weight is 516 g/mol. The number of amides is 1. The van der Waals surface area contributed by atoms with Crippen molar-refractivity contribution in [1.82, 2.24) is 9.88 Å². The molecule has 1 amide bonds. The molecule has 2 fully saturated rings. The Kier molecular flexibility index (Phi) is 6.16. The van der Waals surface area contributed by atoms with Gasteiger partial charge in [-0.25, -0.2) is 0 Å². The average Bonchev–Trinajstić information content (AvgIpc) is 3.17. The van der Waals surface area contributed by atoms with Crippen molar-refractivity contribution >= 4 is 11.6 Å². The molecule has 3 aromatic carbocycles. The second-order valence-electron chi connectivity index (χ2n) is 11.2. The number of aromatic nitrogens is 1. The highest BCUT2D eigenvalue weighted by Crippen LogP contribution is 2.53. The number of hydrogen-bond acceptors (Lipinski definition) is 4. The molecule has 3 unspecified atom stereocenters. The summed E-state index contributed by atoms with van der Waals surface area (Å²) >= 11 is 0. The van der Waals surface area contributed by atoms with Gasteiger partial charge in [-0.05, 0) is 67.5 Å². The van der Waals surface area contributed by atoms with E-state index in [9.17, 15) is 4.79 Å². The summed E-state index contributed by atoms with van der Waals surface area (Å²) in [6.45, 7) is 2.49. The van der Waals surface area contributed by atoms with E-state index in [0.717, 1.165) is 34.9 Å². The van der Waals surface area contributed by atoms with E-state index in [4.69, 9.17) is 4.74 Å². The second kappa shape index (κ2) is 9.97. The Balaban J connectivity index is 1.22. The first-order valence-electron chi connectivity index (χ1n) is 14.1. The van der Waals surface area contributed by atoms with Crippen molar-refractivity contribution < 1.29 is 9.53 Å². The summed E-state index contributed by atoms with van der Waals surface area (Å²) in [5, 5.41) is 2.98. The molecule has 1 N–H and O–H groups in total. The fourth-order valence-corrected chi connectivity index (χ4v) is 7.23. The van der Waals surface area contributed by atoms with Gasteiger partial charge in [-0.15, -0.1) is 0 Å². The molecule has 3 aliphatic heterocycles. The van der Waals surface area contributed by atoms with E-state index < -0.39 is 0 Å². The van der Waals surface area contributed by atoms with Gasteiger partial charge < -0.3 is 10.1 Å². The maximum Gasteiger partial charge on any atom is 0.221 e. The van der Waals surface area contributed by atoms with Crippen LogP contribution in [-0.2, 0) is 11.3 Å². The van der Waals surface area contributed by atoms with Crippen molar-refractivity contribution in [3.63, 3.8) is 0 Å². The fraction of sp³-hybridized carbons (Fsp3) is 0.294. The highest BCUT2D eigenvalue weighted by molar-refractivity contribution is 5.94. The predicted molar refractivity (Wildman–Crippen MR) is 154 cm³/mol. The molecule has 0 spiro atoms. The van der Waals surface area contributed by atoms with Gasteiger partial charge in [0.15, 0.2) is 0 Å². The summed E-state index contributed by atoms with van der Waals surface area (Å²) in [6, 6.07) is 30.6. The van der Waals surface area contributed by atoms with Crippen LogP contribution in [0.3, 0.4) is 0 Å². The van der Waals surface area contributed by atoms with Gasteiger partial charge in [-0.2, -0.15) is 0 Å². The lowest BCUT2D eigenvalue weighted by atomic mass is 9.72. The van der Waals surface area contributed by atoms with Crippen molar-refractivity contribution in [3.05, 3.63) is 108 Å². The molecule has 0 radical (unpaired) electrons. The van der Waals surface area contributed by atoms with Crippen molar-refractivity contribution in [2.24, 2.45) is 5.92 Å². The van der Waals surface area contributed by atoms with Crippen LogP contribution in [0.4, 0.5) is 5.69 Å². The minimum absolute atomic E-state index is 0.0744. The summed E-state index contributed by atoms with van der Waals surface area (Å²) in [6.07, 6.45) is 6.82. The van der Waals surface area contributed by atoms with Gasteiger partial charge in [0, 0.05) is 60.0 Å². The number of carbonyl (C=O) groups is 1. The molecule has 2 bridgehead atoms. The number of ether oxygens (including phenoxy) is 1. The van der Waals surface area contributed by atoms with Gasteiger partial charge >= 0.3 is 0 Å². The van der Waals surface area contributed by atoms with Crippen molar-refractivity contribution in [1.29, 1.82) is 0 Å². The molecule has 0 saturated carbocycles. The van der Waals surface area contributed by atoms with Crippen LogP contribution in [0.1, 0.15) is 55.3 Å². The normalized spacial score (nSPS) is 23.4. The molecule has 0 aliphatic carbocycles. The van der Waals surface area contributed by atoms with E-state index in [0.29, 0.717) is 23.9 Å². The van der Waals surface area contributed by atoms with Crippen LogP contribution in [-0.4, -0.2) is 27.9 Å². The van der Waals surface area contributed by atoms with E-state index in [1.54, 1.807) is 6.92 Å². The van der Waals surface area contributed by atoms with E-state index >= 15 is 0 Å². The number of piperidine rings is 1. The van der Waals surface area contributed by atoms with Gasteiger partial charge in [-0.3, -0.25) is 14.7 Å². The van der Waals surface area contributed by atoms with Crippen molar-refractivity contribution in [3.8, 4) is 22.6 Å². The van der Waals surface area contributed by atoms with E-state index in [2.05, 4.69) is 75.9 Å². The fourth-order valence-electron chi connectivity index (χ4n) is 7.23. The number of anilines is 1. The van der Waals surface area contributed by atoms with Crippen LogP contribution >= 0.6 is 0 Å². The van der Waals surface area contributed by atoms with Crippen molar-refractivity contribution in [2.45, 2.75) is 57.2 Å². The molecule has 5 heteroatoms. The Morgan fingerprint density at radius 1 is 0.897 bits per heavy atom. The van der Waals surface area contributed by atoms with E-state index in [-0.39, 0.29) is 5.91 Å². The SMILES string of the molecule is CC(=O)Nc1ccccc1-c1ccc2c(c1)Oc1ccccc1C2C1CC2CCC(C1)N2Cc1ccccn1. The number of nitrogens with one attached hydrogen (secondary N) is 1. The molecular formula is C34H33N3O2. The Labute approximate surface area is 229 Å². The lowest BCUT2D eigenvalue weighted by Gasteiger charge is -2.43. The van der Waals surface area contributed by atoms with Crippen LogP contribution in [0.2, 0.25) is 0 Å². The third kappa shape index (κ3) is 4.51. The van der Waals surface area contributed by atoms with Gasteiger partial charge in [-0.1, -0.05) is 54.6 Å². The number of carbonyl (C=O) groups excluding carboxylic acids is 1. The Bertz CT molecular complexity index is 1500. The first-order chi connectivity index (χ1) is 19.1. The standard InChI is InChI=1S/C34H33N3O2/c1-22(38)36-31-11-4-2-9-28(31)23-13-16-30-33(20-23)39-32-12-5-3-10-29(32)34(30)24-18-26-14-15-27(19-24)37(26)21-25-8-6-7-17-35-25/h2-13,16-17,20,24,26-27,34H,14-15,18-19,21H2,1H3,(H,36,38). The Hall–Kier alpha value is -3.96. The number of benzene rings is 3. The maximum atomic E-state index is 11.8. The monoisotopic (exact) mass is 515 g/mol. The maximum absolute atomic E-state index is 11.8. The number of hydrogen-bond donors (Lipinski definition) is 1. The minimum atomic E-state index is -0.0744. The zero-order chi connectivity index (χ0) is 26.3. The van der Waals surface area contributed by atoms with Crippen LogP contribution in [0, 0.1) is 5.92 Å². The molecule has 1 aromatic heterocycles. The summed E-state index contributed by atoms with van der Waals surface area (Å²) < 4.78 is 6.55. The number of para-hydroxylation sites is 2. The van der Waals surface area contributed by atoms with Gasteiger partial charge in [0.2, 0.25) is 5.91 Å². The third-order valence-corrected chi connectivity index (χ3v) is 8.83. The molecular weight excluding hydrogens is 482 g/mol. The summed E-state index contributed by atoms with van der Waals surface area (Å²) in [5.74, 6) is 2.69. The Morgan fingerprint density at radius 2 is 1.64 bits per heavy atom. The lowest BCUT2D eigenvalue weighted by molar-refractivity contribution is -0.114. The van der Waals surface area contributed by atoms with Crippen molar-refractivity contribution in [2.75, 3.05) is 5.32 Å². The third-order valence-electron chi connectivity index (χ3n) is 8.83. The van der Waals surface area contributed by atoms with Crippen LogP contribution in [0.25, 0.3) is 11.1 Å². The smallest absolute Gasteiger partial charge is 0.221 e. The highest BCUT2D eigenvalue weighted by atomic mass is 16.5. The second-order valence-corrected chi connectivity index (χ2v) is 11.2. The van der Waals surface area contributed by atoms with Crippen LogP contribution < -0.4 is 10.1 Å². The molecule has 7 rings (SSSR count). The molecule has 196 valence electrons. The largest absolute Gasteiger partial charge is 0.457 e. The van der Waals surface area contributed by atoms with Gasteiger partial charge in [0.1, 0.15) is 11.5 Å². The topological polar surface area (TPSA) is 54.5 Å². The van der Waals surface area contributed by atoms with E-state index in [1.165, 1.54) is 42.5 Å². The minimum Gasteiger partial charge on any atom is -0.457 e. The molecule has 4 aromatic rings. The summed E-state index contributed by atoms with van der Waals surface area (Å²) in [7, 11) is 0. The van der Waals surface area contributed by atoms with Gasteiger partial charge in [0.05, 0.1) is 5.69 Å². The molecule has 3 aliphatic rings. The number of fused-ring (bicyclic) bond motifs is 4. The quantitative estimate of drug-likeness (QED) is 0.301. The van der Waals surface area contributed by atoms with Gasteiger partial charge in [0.25, 0.3) is 0 Å². The first-order valence-corrected chi connectivity index (χ1v) is 14.1. The number of pyridine rings is 1. The molecule has 2 saturated heterocycles.